The highest BCUT2D eigenvalue weighted by Gasteiger charge is 2.20. The van der Waals surface area contributed by atoms with Gasteiger partial charge in [0.2, 0.25) is 0 Å². The van der Waals surface area contributed by atoms with Gasteiger partial charge in [-0.25, -0.2) is 4.79 Å². The first-order valence-corrected chi connectivity index (χ1v) is 6.84. The highest BCUT2D eigenvalue weighted by atomic mass is 16.5. The number of hydrogen-bond acceptors (Lipinski definition) is 3. The highest BCUT2D eigenvalue weighted by molar-refractivity contribution is 5.85. The van der Waals surface area contributed by atoms with Crippen LogP contribution >= 0.6 is 0 Å². The third-order valence-corrected chi connectivity index (χ3v) is 3.38. The predicted molar refractivity (Wildman–Crippen MR) is 76.7 cm³/mol. The lowest BCUT2D eigenvalue weighted by Gasteiger charge is -2.09. The largest absolute Gasteiger partial charge is 0.497 e. The second-order valence-corrected chi connectivity index (χ2v) is 5.02. The minimum absolute atomic E-state index is 0.475. The van der Waals surface area contributed by atoms with Gasteiger partial charge in [-0.15, -0.1) is 0 Å². The minimum atomic E-state index is -0.957. The van der Waals surface area contributed by atoms with Gasteiger partial charge in [0.25, 0.3) is 0 Å². The standard InChI is InChI=1S/C16H20O4/c1-19-15-6-4-13(5-7-16(17)18)14(10-15)11-20-9-8-12-2-3-12/h4-7,10,12H,2-3,8-9,11H2,1H3,(H,17,18)/b7-5+. The lowest BCUT2D eigenvalue weighted by molar-refractivity contribution is -0.131. The molecule has 1 fully saturated rings. The summed E-state index contributed by atoms with van der Waals surface area (Å²) in [6, 6.07) is 5.55. The van der Waals surface area contributed by atoms with Crippen LogP contribution in [0, 0.1) is 5.92 Å². The summed E-state index contributed by atoms with van der Waals surface area (Å²) >= 11 is 0. The van der Waals surface area contributed by atoms with Crippen LogP contribution in [-0.2, 0) is 16.1 Å². The Kier molecular flexibility index (Phi) is 5.18. The Morgan fingerprint density at radius 2 is 2.25 bits per heavy atom. The highest BCUT2D eigenvalue weighted by Crippen LogP contribution is 2.32. The Hall–Kier alpha value is -1.81. The lowest BCUT2D eigenvalue weighted by atomic mass is 10.1. The van der Waals surface area contributed by atoms with Gasteiger partial charge < -0.3 is 14.6 Å². The van der Waals surface area contributed by atoms with E-state index >= 15 is 0 Å². The smallest absolute Gasteiger partial charge is 0.328 e. The van der Waals surface area contributed by atoms with Crippen LogP contribution in [0.3, 0.4) is 0 Å². The van der Waals surface area contributed by atoms with E-state index in [9.17, 15) is 4.79 Å². The molecule has 4 heteroatoms. The van der Waals surface area contributed by atoms with Crippen LogP contribution in [-0.4, -0.2) is 24.8 Å². The fourth-order valence-electron chi connectivity index (χ4n) is 2.00. The summed E-state index contributed by atoms with van der Waals surface area (Å²) in [7, 11) is 1.61. The summed E-state index contributed by atoms with van der Waals surface area (Å²) in [4.78, 5) is 10.6. The average Bonchev–Trinajstić information content (AvgIpc) is 3.26. The maximum atomic E-state index is 10.6. The molecule has 20 heavy (non-hydrogen) atoms. The van der Waals surface area contributed by atoms with Gasteiger partial charge in [0.1, 0.15) is 5.75 Å². The summed E-state index contributed by atoms with van der Waals surface area (Å²) in [6.45, 7) is 1.23. The SMILES string of the molecule is COc1ccc(/C=C/C(=O)O)c(COCCC2CC2)c1. The van der Waals surface area contributed by atoms with Crippen molar-refractivity contribution in [3.63, 3.8) is 0 Å². The zero-order valence-electron chi connectivity index (χ0n) is 11.7. The van der Waals surface area contributed by atoms with Gasteiger partial charge in [0.05, 0.1) is 13.7 Å². The van der Waals surface area contributed by atoms with E-state index < -0.39 is 5.97 Å². The molecule has 1 N–H and O–H groups in total. The van der Waals surface area contributed by atoms with Crippen LogP contribution in [0.5, 0.6) is 5.75 Å². The second-order valence-electron chi connectivity index (χ2n) is 5.02. The first-order valence-electron chi connectivity index (χ1n) is 6.84. The zero-order chi connectivity index (χ0) is 14.4. The van der Waals surface area contributed by atoms with Gasteiger partial charge in [-0.2, -0.15) is 0 Å². The number of rotatable bonds is 8. The van der Waals surface area contributed by atoms with Crippen molar-refractivity contribution in [1.82, 2.24) is 0 Å². The van der Waals surface area contributed by atoms with E-state index in [1.165, 1.54) is 12.8 Å². The Morgan fingerprint density at radius 1 is 1.45 bits per heavy atom. The topological polar surface area (TPSA) is 55.8 Å². The molecule has 1 aromatic rings. The molecule has 1 aromatic carbocycles. The summed E-state index contributed by atoms with van der Waals surface area (Å²) in [5.74, 6) is 0.645. The molecule has 0 spiro atoms. The molecule has 2 rings (SSSR count). The van der Waals surface area contributed by atoms with Crippen molar-refractivity contribution in [2.24, 2.45) is 5.92 Å². The molecule has 0 bridgehead atoms. The van der Waals surface area contributed by atoms with Gasteiger partial charge in [-0.05, 0) is 41.7 Å². The number of carboxylic acid groups (broad SMARTS) is 1. The van der Waals surface area contributed by atoms with E-state index in [2.05, 4.69) is 0 Å². The van der Waals surface area contributed by atoms with Crippen molar-refractivity contribution in [1.29, 1.82) is 0 Å². The molecular formula is C16H20O4. The number of hydrogen-bond donors (Lipinski definition) is 1. The Morgan fingerprint density at radius 3 is 2.90 bits per heavy atom. The number of aliphatic carboxylic acids is 1. The Balaban J connectivity index is 1.99. The molecule has 0 unspecified atom stereocenters. The fraction of sp³-hybridized carbons (Fsp3) is 0.438. The monoisotopic (exact) mass is 276 g/mol. The molecule has 0 atom stereocenters. The molecule has 0 aliphatic heterocycles. The molecule has 0 amide bonds. The molecule has 0 heterocycles. The molecular weight excluding hydrogens is 256 g/mol. The molecule has 108 valence electrons. The summed E-state index contributed by atoms with van der Waals surface area (Å²) in [6.07, 6.45) is 6.49. The van der Waals surface area contributed by atoms with Crippen molar-refractivity contribution in [2.75, 3.05) is 13.7 Å². The van der Waals surface area contributed by atoms with Gasteiger partial charge in [0, 0.05) is 12.7 Å². The Bertz CT molecular complexity index is 489. The normalized spacial score (nSPS) is 14.7. The Labute approximate surface area is 119 Å². The van der Waals surface area contributed by atoms with Gasteiger partial charge >= 0.3 is 5.97 Å². The zero-order valence-corrected chi connectivity index (χ0v) is 11.7. The maximum absolute atomic E-state index is 10.6. The van der Waals surface area contributed by atoms with Gasteiger partial charge in [0.15, 0.2) is 0 Å². The molecule has 1 aliphatic carbocycles. The van der Waals surface area contributed by atoms with Crippen LogP contribution in [0.4, 0.5) is 0 Å². The summed E-state index contributed by atoms with van der Waals surface area (Å²) in [5, 5.41) is 8.71. The van der Waals surface area contributed by atoms with E-state index in [4.69, 9.17) is 14.6 Å². The predicted octanol–water partition coefficient (Wildman–Crippen LogP) is 3.11. The number of ether oxygens (including phenoxy) is 2. The van der Waals surface area contributed by atoms with Crippen molar-refractivity contribution in [3.05, 3.63) is 35.4 Å². The third kappa shape index (κ3) is 4.70. The van der Waals surface area contributed by atoms with Crippen LogP contribution in [0.25, 0.3) is 6.08 Å². The molecule has 4 nitrogen and oxygen atoms in total. The van der Waals surface area contributed by atoms with Crippen molar-refractivity contribution >= 4 is 12.0 Å². The minimum Gasteiger partial charge on any atom is -0.497 e. The van der Waals surface area contributed by atoms with E-state index in [0.29, 0.717) is 6.61 Å². The van der Waals surface area contributed by atoms with Crippen LogP contribution in [0.1, 0.15) is 30.4 Å². The quantitative estimate of drug-likeness (QED) is 0.585. The number of methoxy groups -OCH3 is 1. The molecule has 0 saturated heterocycles. The van der Waals surface area contributed by atoms with Crippen LogP contribution in [0.15, 0.2) is 24.3 Å². The summed E-state index contributed by atoms with van der Waals surface area (Å²) in [5.41, 5.74) is 1.79. The molecule has 1 saturated carbocycles. The van der Waals surface area contributed by atoms with Gasteiger partial charge in [-0.3, -0.25) is 0 Å². The molecule has 1 aliphatic rings. The third-order valence-electron chi connectivity index (χ3n) is 3.38. The summed E-state index contributed by atoms with van der Waals surface area (Å²) < 4.78 is 10.9. The number of carboxylic acids is 1. The average molecular weight is 276 g/mol. The van der Waals surface area contributed by atoms with E-state index in [0.717, 1.165) is 41.9 Å². The first-order chi connectivity index (χ1) is 9.69. The van der Waals surface area contributed by atoms with Crippen molar-refractivity contribution in [2.45, 2.75) is 25.9 Å². The lowest BCUT2D eigenvalue weighted by Crippen LogP contribution is -1.99. The van der Waals surface area contributed by atoms with Crippen molar-refractivity contribution < 1.29 is 19.4 Å². The van der Waals surface area contributed by atoms with E-state index in [1.807, 2.05) is 18.2 Å². The van der Waals surface area contributed by atoms with Gasteiger partial charge in [-0.1, -0.05) is 18.9 Å². The molecule has 0 aromatic heterocycles. The number of carbonyl (C=O) groups is 1. The van der Waals surface area contributed by atoms with Crippen LogP contribution in [0.2, 0.25) is 0 Å². The maximum Gasteiger partial charge on any atom is 0.328 e. The van der Waals surface area contributed by atoms with Crippen molar-refractivity contribution in [3.8, 4) is 5.75 Å². The van der Waals surface area contributed by atoms with E-state index in [-0.39, 0.29) is 0 Å². The second kappa shape index (κ2) is 7.10. The first kappa shape index (κ1) is 14.6. The fourth-order valence-corrected chi connectivity index (χ4v) is 2.00. The molecule has 0 radical (unpaired) electrons. The van der Waals surface area contributed by atoms with Crippen LogP contribution < -0.4 is 4.74 Å². The number of benzene rings is 1. The van der Waals surface area contributed by atoms with E-state index in [1.54, 1.807) is 13.2 Å².